The van der Waals surface area contributed by atoms with E-state index in [1.807, 2.05) is 30.3 Å². The number of rotatable bonds is 4. The summed E-state index contributed by atoms with van der Waals surface area (Å²) in [6.07, 6.45) is 4.29. The Morgan fingerprint density at radius 1 is 1.15 bits per heavy atom. The molecule has 144 valence electrons. The van der Waals surface area contributed by atoms with Gasteiger partial charge in [0.05, 0.1) is 32.7 Å². The van der Waals surface area contributed by atoms with E-state index in [1.165, 1.54) is 23.3 Å². The van der Waals surface area contributed by atoms with Gasteiger partial charge in [-0.1, -0.05) is 18.2 Å². The highest BCUT2D eigenvalue weighted by Gasteiger charge is 2.50. The first-order chi connectivity index (χ1) is 12.9. The fourth-order valence-corrected chi connectivity index (χ4v) is 5.61. The van der Waals surface area contributed by atoms with Gasteiger partial charge in [-0.2, -0.15) is 0 Å². The van der Waals surface area contributed by atoms with Crippen molar-refractivity contribution in [3.63, 3.8) is 0 Å². The summed E-state index contributed by atoms with van der Waals surface area (Å²) in [7, 11) is 4.66. The quantitative estimate of drug-likeness (QED) is 0.696. The number of ether oxygens (including phenoxy) is 1. The van der Waals surface area contributed by atoms with Gasteiger partial charge < -0.3 is 9.22 Å². The van der Waals surface area contributed by atoms with Crippen molar-refractivity contribution in [2.45, 2.75) is 57.3 Å². The van der Waals surface area contributed by atoms with E-state index >= 15 is 0 Å². The number of carbonyl (C=O) groups excluding carboxylic acids is 1. The molecule has 27 heavy (non-hydrogen) atoms. The lowest BCUT2D eigenvalue weighted by Crippen LogP contribution is -2.56. The van der Waals surface area contributed by atoms with Gasteiger partial charge in [0.1, 0.15) is 6.10 Å². The Balaban J connectivity index is 1.50. The van der Waals surface area contributed by atoms with Crippen LogP contribution in [-0.2, 0) is 11.3 Å². The molecule has 3 heterocycles. The predicted molar refractivity (Wildman–Crippen MR) is 110 cm³/mol. The van der Waals surface area contributed by atoms with Gasteiger partial charge in [-0.3, -0.25) is 4.90 Å². The third-order valence-corrected chi connectivity index (χ3v) is 7.62. The van der Waals surface area contributed by atoms with Crippen molar-refractivity contribution >= 4 is 23.1 Å². The number of aryl methyl sites for hydroxylation is 1. The second kappa shape index (κ2) is 7.28. The van der Waals surface area contributed by atoms with E-state index in [0.717, 1.165) is 23.0 Å². The van der Waals surface area contributed by atoms with Crippen LogP contribution in [0.2, 0.25) is 0 Å². The molecule has 2 saturated heterocycles. The number of para-hydroxylation sites is 1. The zero-order valence-electron chi connectivity index (χ0n) is 16.4. The van der Waals surface area contributed by atoms with E-state index in [2.05, 4.69) is 32.5 Å². The van der Waals surface area contributed by atoms with Gasteiger partial charge in [-0.25, -0.2) is 4.79 Å². The molecule has 1 amide bonds. The minimum atomic E-state index is -0.217. The lowest BCUT2D eigenvalue weighted by Gasteiger charge is -2.44. The maximum Gasteiger partial charge on any atom is 0.414 e. The van der Waals surface area contributed by atoms with Crippen LogP contribution in [0.15, 0.2) is 41.8 Å². The Labute approximate surface area is 166 Å². The maximum atomic E-state index is 13.1. The van der Waals surface area contributed by atoms with E-state index in [0.29, 0.717) is 18.6 Å². The summed E-state index contributed by atoms with van der Waals surface area (Å²) in [5.74, 6) is 0. The normalized spacial score (nSPS) is 26.0. The number of piperidine rings is 1. The molecule has 2 unspecified atom stereocenters. The number of thiophene rings is 1. The number of hydrogen-bond donors (Lipinski definition) is 0. The fourth-order valence-electron chi connectivity index (χ4n) is 4.71. The van der Waals surface area contributed by atoms with Gasteiger partial charge in [-0.15, -0.1) is 11.3 Å². The monoisotopic (exact) mass is 385 g/mol. The van der Waals surface area contributed by atoms with E-state index in [1.54, 1.807) is 16.2 Å². The third-order valence-electron chi connectivity index (χ3n) is 6.61. The molecule has 2 bridgehead atoms. The largest absolute Gasteiger partial charge is 0.445 e. The first-order valence-corrected chi connectivity index (χ1v) is 10.7. The highest BCUT2D eigenvalue weighted by Crippen LogP contribution is 2.40. The van der Waals surface area contributed by atoms with Crippen molar-refractivity contribution in [1.82, 2.24) is 0 Å². The Kier molecular flexibility index (Phi) is 4.99. The van der Waals surface area contributed by atoms with Crippen LogP contribution in [0.1, 0.15) is 36.1 Å². The molecule has 0 N–H and O–H groups in total. The zero-order valence-corrected chi connectivity index (χ0v) is 17.2. The second-order valence-electron chi connectivity index (χ2n) is 8.44. The van der Waals surface area contributed by atoms with E-state index in [-0.39, 0.29) is 12.2 Å². The summed E-state index contributed by atoms with van der Waals surface area (Å²) in [6, 6.07) is 13.2. The Bertz CT molecular complexity index is 786. The van der Waals surface area contributed by atoms with Crippen molar-refractivity contribution in [3.8, 4) is 0 Å². The van der Waals surface area contributed by atoms with Crippen molar-refractivity contribution in [2.75, 3.05) is 19.0 Å². The average molecular weight is 386 g/mol. The molecule has 2 aliphatic rings. The number of carbonyl (C=O) groups is 1. The van der Waals surface area contributed by atoms with Gasteiger partial charge in [0, 0.05) is 36.2 Å². The fraction of sp³-hybridized carbons (Fsp3) is 0.500. The van der Waals surface area contributed by atoms with Crippen molar-refractivity contribution < 1.29 is 14.0 Å². The summed E-state index contributed by atoms with van der Waals surface area (Å²) < 4.78 is 7.14. The molecule has 0 saturated carbocycles. The molecule has 2 atom stereocenters. The number of fused-ring (bicyclic) bond motifs is 2. The number of benzene rings is 1. The lowest BCUT2D eigenvalue weighted by molar-refractivity contribution is -0.931. The topological polar surface area (TPSA) is 29.5 Å². The molecule has 1 aromatic heterocycles. The van der Waals surface area contributed by atoms with Crippen LogP contribution in [0.4, 0.5) is 10.5 Å². The van der Waals surface area contributed by atoms with Crippen molar-refractivity contribution in [2.24, 2.45) is 0 Å². The summed E-state index contributed by atoms with van der Waals surface area (Å²) in [5, 5.41) is 2.08. The molecule has 2 aliphatic heterocycles. The molecule has 4 nitrogen and oxygen atoms in total. The molecule has 1 aromatic carbocycles. The number of quaternary nitrogens is 1. The van der Waals surface area contributed by atoms with Crippen molar-refractivity contribution in [3.05, 3.63) is 52.2 Å². The van der Waals surface area contributed by atoms with Crippen LogP contribution < -0.4 is 4.90 Å². The Morgan fingerprint density at radius 3 is 2.41 bits per heavy atom. The number of amides is 1. The highest BCUT2D eigenvalue weighted by atomic mass is 32.1. The second-order valence-corrected chi connectivity index (χ2v) is 9.44. The molecule has 2 aromatic rings. The first kappa shape index (κ1) is 18.5. The van der Waals surface area contributed by atoms with E-state index in [9.17, 15) is 4.79 Å². The molecule has 2 fully saturated rings. The molecular weight excluding hydrogens is 356 g/mol. The van der Waals surface area contributed by atoms with Crippen LogP contribution in [0.5, 0.6) is 0 Å². The van der Waals surface area contributed by atoms with Crippen molar-refractivity contribution in [1.29, 1.82) is 0 Å². The van der Waals surface area contributed by atoms with Gasteiger partial charge in [0.25, 0.3) is 0 Å². The van der Waals surface area contributed by atoms with Gasteiger partial charge >= 0.3 is 6.09 Å². The van der Waals surface area contributed by atoms with Crippen LogP contribution >= 0.6 is 11.3 Å². The van der Waals surface area contributed by atoms with E-state index < -0.39 is 0 Å². The molecule has 5 heteroatoms. The first-order valence-electron chi connectivity index (χ1n) is 9.84. The predicted octanol–water partition coefficient (Wildman–Crippen LogP) is 4.97. The number of nitrogens with zero attached hydrogens (tertiary/aromatic N) is 2. The minimum absolute atomic E-state index is 0.0387. The molecular formula is C22H29N2O2S+. The molecule has 0 aliphatic carbocycles. The highest BCUT2D eigenvalue weighted by molar-refractivity contribution is 7.10. The molecule has 0 radical (unpaired) electrons. The third kappa shape index (κ3) is 3.63. The summed E-state index contributed by atoms with van der Waals surface area (Å²) >= 11 is 1.69. The zero-order chi connectivity index (χ0) is 19.0. The van der Waals surface area contributed by atoms with Crippen LogP contribution in [0.25, 0.3) is 0 Å². The van der Waals surface area contributed by atoms with Crippen LogP contribution in [0, 0.1) is 6.92 Å². The Hall–Kier alpha value is -1.85. The van der Waals surface area contributed by atoms with Gasteiger partial charge in [-0.05, 0) is 36.1 Å². The smallest absolute Gasteiger partial charge is 0.414 e. The summed E-state index contributed by atoms with van der Waals surface area (Å²) in [5.41, 5.74) is 2.12. The van der Waals surface area contributed by atoms with E-state index in [4.69, 9.17) is 4.74 Å². The Morgan fingerprint density at radius 2 is 1.81 bits per heavy atom. The molecule has 4 rings (SSSR count). The van der Waals surface area contributed by atoms with Crippen LogP contribution in [-0.4, -0.2) is 42.9 Å². The SMILES string of the molecule is Cc1ccsc1CN(C(=O)OC1CC2CCC(C1)[N+]2(C)C)c1ccccc1. The summed E-state index contributed by atoms with van der Waals surface area (Å²) in [4.78, 5) is 16.1. The lowest BCUT2D eigenvalue weighted by atomic mass is 9.98. The molecule has 0 spiro atoms. The average Bonchev–Trinajstić information content (AvgIpc) is 3.07. The number of anilines is 1. The van der Waals surface area contributed by atoms with Gasteiger partial charge in [0.15, 0.2) is 0 Å². The van der Waals surface area contributed by atoms with Crippen LogP contribution in [0.3, 0.4) is 0 Å². The minimum Gasteiger partial charge on any atom is -0.445 e. The number of hydrogen-bond acceptors (Lipinski definition) is 3. The van der Waals surface area contributed by atoms with Gasteiger partial charge in [0.2, 0.25) is 0 Å². The summed E-state index contributed by atoms with van der Waals surface area (Å²) in [6.45, 7) is 2.66. The standard InChI is InChI=1S/C22H29N2O2S/c1-16-11-12-27-21(16)15-23(17-7-5-4-6-8-17)22(25)26-20-13-18-9-10-19(14-20)24(18,2)3/h4-8,11-12,18-20H,9-10,13-15H2,1-3H3/q+1. The maximum absolute atomic E-state index is 13.1.